The van der Waals surface area contributed by atoms with Crippen LogP contribution in [0.1, 0.15) is 11.1 Å². The Kier molecular flexibility index (Phi) is 2.56. The van der Waals surface area contributed by atoms with Gasteiger partial charge in [-0.3, -0.25) is 0 Å². The molecule has 1 aromatic heterocycles. The monoisotopic (exact) mass is 236 g/mol. The SMILES string of the molecule is Cc1ccc2ccn(Cc3cccc(N)c3)c2c1. The minimum atomic E-state index is 0.820. The van der Waals surface area contributed by atoms with E-state index in [0.29, 0.717) is 0 Å². The zero-order valence-corrected chi connectivity index (χ0v) is 10.4. The van der Waals surface area contributed by atoms with Crippen LogP contribution in [0.5, 0.6) is 0 Å². The Morgan fingerprint density at radius 3 is 2.78 bits per heavy atom. The molecule has 2 aromatic carbocycles. The Morgan fingerprint density at radius 2 is 1.94 bits per heavy atom. The largest absolute Gasteiger partial charge is 0.399 e. The Balaban J connectivity index is 2.02. The quantitative estimate of drug-likeness (QED) is 0.677. The summed E-state index contributed by atoms with van der Waals surface area (Å²) in [5, 5.41) is 1.28. The van der Waals surface area contributed by atoms with Crippen LogP contribution >= 0.6 is 0 Å². The highest BCUT2D eigenvalue weighted by atomic mass is 14.9. The first-order valence-corrected chi connectivity index (χ1v) is 6.12. The van der Waals surface area contributed by atoms with E-state index in [9.17, 15) is 0 Å². The second-order valence-corrected chi connectivity index (χ2v) is 4.75. The molecule has 0 aliphatic rings. The molecule has 90 valence electrons. The molecule has 0 bridgehead atoms. The van der Waals surface area contributed by atoms with Gasteiger partial charge in [0, 0.05) is 23.9 Å². The number of hydrogen-bond donors (Lipinski definition) is 1. The number of aromatic nitrogens is 1. The number of hydrogen-bond acceptors (Lipinski definition) is 1. The van der Waals surface area contributed by atoms with E-state index in [-0.39, 0.29) is 0 Å². The number of nitrogen functional groups attached to an aromatic ring is 1. The highest BCUT2D eigenvalue weighted by molar-refractivity contribution is 5.80. The van der Waals surface area contributed by atoms with Gasteiger partial charge in [-0.25, -0.2) is 0 Å². The molecule has 0 aliphatic heterocycles. The third-order valence-corrected chi connectivity index (χ3v) is 3.23. The molecule has 3 rings (SSSR count). The van der Waals surface area contributed by atoms with E-state index in [0.717, 1.165) is 12.2 Å². The molecule has 0 saturated carbocycles. The summed E-state index contributed by atoms with van der Waals surface area (Å²) in [5.74, 6) is 0. The van der Waals surface area contributed by atoms with E-state index in [1.165, 1.54) is 22.0 Å². The second-order valence-electron chi connectivity index (χ2n) is 4.75. The third-order valence-electron chi connectivity index (χ3n) is 3.23. The van der Waals surface area contributed by atoms with Crippen molar-refractivity contribution in [2.24, 2.45) is 0 Å². The molecule has 3 aromatic rings. The highest BCUT2D eigenvalue weighted by Gasteiger charge is 2.02. The van der Waals surface area contributed by atoms with Crippen molar-refractivity contribution in [2.45, 2.75) is 13.5 Å². The van der Waals surface area contributed by atoms with Crippen LogP contribution in [-0.2, 0) is 6.54 Å². The Hall–Kier alpha value is -2.22. The number of nitrogens with two attached hydrogens (primary N) is 1. The maximum absolute atomic E-state index is 5.82. The molecule has 2 nitrogen and oxygen atoms in total. The molecule has 1 heterocycles. The zero-order chi connectivity index (χ0) is 12.5. The molecule has 18 heavy (non-hydrogen) atoms. The molecule has 2 N–H and O–H groups in total. The predicted octanol–water partition coefficient (Wildman–Crippen LogP) is 3.58. The molecule has 0 saturated heterocycles. The minimum Gasteiger partial charge on any atom is -0.399 e. The van der Waals surface area contributed by atoms with Gasteiger partial charge in [-0.15, -0.1) is 0 Å². The van der Waals surface area contributed by atoms with Gasteiger partial charge in [-0.1, -0.05) is 24.3 Å². The van der Waals surface area contributed by atoms with Crippen LogP contribution in [-0.4, -0.2) is 4.57 Å². The van der Waals surface area contributed by atoms with E-state index < -0.39 is 0 Å². The van der Waals surface area contributed by atoms with Gasteiger partial charge in [-0.2, -0.15) is 0 Å². The fraction of sp³-hybridized carbons (Fsp3) is 0.125. The normalized spacial score (nSPS) is 10.9. The van der Waals surface area contributed by atoms with Crippen LogP contribution in [0, 0.1) is 6.92 Å². The van der Waals surface area contributed by atoms with Crippen LogP contribution in [0.2, 0.25) is 0 Å². The predicted molar refractivity (Wildman–Crippen MR) is 76.6 cm³/mol. The van der Waals surface area contributed by atoms with Crippen LogP contribution in [0.4, 0.5) is 5.69 Å². The molecule has 0 amide bonds. The highest BCUT2D eigenvalue weighted by Crippen LogP contribution is 2.19. The summed E-state index contributed by atoms with van der Waals surface area (Å²) in [4.78, 5) is 0. The van der Waals surface area contributed by atoms with Gasteiger partial charge in [0.2, 0.25) is 0 Å². The number of nitrogens with zero attached hydrogens (tertiary/aromatic N) is 1. The van der Waals surface area contributed by atoms with Crippen molar-refractivity contribution in [3.05, 3.63) is 65.9 Å². The summed E-state index contributed by atoms with van der Waals surface area (Å²) in [6.45, 7) is 2.98. The summed E-state index contributed by atoms with van der Waals surface area (Å²) in [6, 6.07) is 16.7. The summed E-state index contributed by atoms with van der Waals surface area (Å²) in [7, 11) is 0. The lowest BCUT2D eigenvalue weighted by molar-refractivity contribution is 0.837. The summed E-state index contributed by atoms with van der Waals surface area (Å²) >= 11 is 0. The lowest BCUT2D eigenvalue weighted by Gasteiger charge is -2.07. The van der Waals surface area contributed by atoms with Crippen molar-refractivity contribution in [1.82, 2.24) is 4.57 Å². The summed E-state index contributed by atoms with van der Waals surface area (Å²) < 4.78 is 2.26. The first-order valence-electron chi connectivity index (χ1n) is 6.12. The number of fused-ring (bicyclic) bond motifs is 1. The molecule has 2 heteroatoms. The molecule has 0 atom stereocenters. The van der Waals surface area contributed by atoms with Gasteiger partial charge in [0.25, 0.3) is 0 Å². The maximum Gasteiger partial charge on any atom is 0.0486 e. The minimum absolute atomic E-state index is 0.820. The fourth-order valence-corrected chi connectivity index (χ4v) is 2.32. The van der Waals surface area contributed by atoms with Gasteiger partial charge in [0.1, 0.15) is 0 Å². The number of aryl methyl sites for hydroxylation is 1. The lowest BCUT2D eigenvalue weighted by atomic mass is 10.2. The standard InChI is InChI=1S/C16H16N2/c1-12-5-6-14-7-8-18(16(14)9-12)11-13-3-2-4-15(17)10-13/h2-10H,11,17H2,1H3. The molecular formula is C16H16N2. The van der Waals surface area contributed by atoms with Crippen molar-refractivity contribution < 1.29 is 0 Å². The van der Waals surface area contributed by atoms with Crippen LogP contribution in [0.25, 0.3) is 10.9 Å². The Morgan fingerprint density at radius 1 is 1.06 bits per heavy atom. The van der Waals surface area contributed by atoms with Crippen molar-refractivity contribution in [3.8, 4) is 0 Å². The number of benzene rings is 2. The topological polar surface area (TPSA) is 30.9 Å². The maximum atomic E-state index is 5.82. The van der Waals surface area contributed by atoms with Gasteiger partial charge in [0.15, 0.2) is 0 Å². The van der Waals surface area contributed by atoms with Gasteiger partial charge in [0.05, 0.1) is 0 Å². The molecule has 0 aliphatic carbocycles. The van der Waals surface area contributed by atoms with Crippen LogP contribution < -0.4 is 5.73 Å². The van der Waals surface area contributed by atoms with Crippen LogP contribution in [0.3, 0.4) is 0 Å². The average Bonchev–Trinajstić information content (AvgIpc) is 2.72. The smallest absolute Gasteiger partial charge is 0.0486 e. The van der Waals surface area contributed by atoms with Gasteiger partial charge < -0.3 is 10.3 Å². The molecule has 0 unspecified atom stereocenters. The molecule has 0 fully saturated rings. The summed E-state index contributed by atoms with van der Waals surface area (Å²) in [6.07, 6.45) is 2.13. The van der Waals surface area contributed by atoms with Crippen LogP contribution in [0.15, 0.2) is 54.7 Å². The second kappa shape index (κ2) is 4.22. The van der Waals surface area contributed by atoms with Gasteiger partial charge >= 0.3 is 0 Å². The molecular weight excluding hydrogens is 220 g/mol. The summed E-state index contributed by atoms with van der Waals surface area (Å²) in [5.41, 5.74) is 10.4. The number of rotatable bonds is 2. The Bertz CT molecular complexity index is 695. The third kappa shape index (κ3) is 1.97. The lowest BCUT2D eigenvalue weighted by Crippen LogP contribution is -1.98. The molecule has 0 radical (unpaired) electrons. The van der Waals surface area contributed by atoms with Crippen molar-refractivity contribution in [2.75, 3.05) is 5.73 Å². The number of anilines is 1. The molecule has 0 spiro atoms. The van der Waals surface area contributed by atoms with Gasteiger partial charge in [-0.05, 0) is 47.7 Å². The van der Waals surface area contributed by atoms with Crippen molar-refractivity contribution in [1.29, 1.82) is 0 Å². The fourth-order valence-electron chi connectivity index (χ4n) is 2.32. The van der Waals surface area contributed by atoms with E-state index in [2.05, 4.69) is 48.0 Å². The van der Waals surface area contributed by atoms with Crippen molar-refractivity contribution in [3.63, 3.8) is 0 Å². The van der Waals surface area contributed by atoms with Crippen molar-refractivity contribution >= 4 is 16.6 Å². The first-order chi connectivity index (χ1) is 8.72. The van der Waals surface area contributed by atoms with E-state index in [4.69, 9.17) is 5.73 Å². The Labute approximate surface area is 107 Å². The van der Waals surface area contributed by atoms with E-state index in [1.54, 1.807) is 0 Å². The van der Waals surface area contributed by atoms with E-state index in [1.807, 2.05) is 18.2 Å². The average molecular weight is 236 g/mol. The zero-order valence-electron chi connectivity index (χ0n) is 10.4. The van der Waals surface area contributed by atoms with E-state index >= 15 is 0 Å². The first kappa shape index (κ1) is 10.9.